The molecule has 4 N–H and O–H groups in total. The zero-order valence-corrected chi connectivity index (χ0v) is 15.4. The van der Waals surface area contributed by atoms with Gasteiger partial charge in [-0.2, -0.15) is 0 Å². The molecule has 0 aliphatic rings. The molecule has 4 rings (SSSR count). The minimum absolute atomic E-state index is 0.0164. The molecule has 0 unspecified atom stereocenters. The summed E-state index contributed by atoms with van der Waals surface area (Å²) in [5.74, 6) is -0.357. The van der Waals surface area contributed by atoms with Gasteiger partial charge < -0.3 is 10.3 Å². The number of sulfonamides is 1. The minimum atomic E-state index is -3.76. The van der Waals surface area contributed by atoms with Crippen LogP contribution in [0.15, 0.2) is 71.8 Å². The molecule has 0 aliphatic heterocycles. The molecule has 2 aromatic carbocycles. The van der Waals surface area contributed by atoms with Crippen molar-refractivity contribution in [3.05, 3.63) is 72.6 Å². The lowest BCUT2D eigenvalue weighted by Crippen LogP contribution is -2.12. The van der Waals surface area contributed by atoms with E-state index in [4.69, 9.17) is 5.14 Å². The molecule has 0 aliphatic carbocycles. The average molecular weight is 392 g/mol. The van der Waals surface area contributed by atoms with E-state index in [0.29, 0.717) is 11.4 Å². The number of amides is 1. The number of aromatic amines is 1. The third kappa shape index (κ3) is 3.64. The molecule has 8 heteroatoms. The summed E-state index contributed by atoms with van der Waals surface area (Å²) < 4.78 is 22.5. The minimum Gasteiger partial charge on any atom is -0.353 e. The molecule has 0 fully saturated rings. The monoisotopic (exact) mass is 392 g/mol. The van der Waals surface area contributed by atoms with Crippen LogP contribution in [-0.2, 0) is 14.8 Å². The number of para-hydroxylation sites is 1. The number of nitrogens with two attached hydrogens (primary N) is 1. The Kier molecular flexibility index (Phi) is 4.42. The van der Waals surface area contributed by atoms with Gasteiger partial charge in [-0.15, -0.1) is 0 Å². The molecule has 0 saturated heterocycles. The topological polar surface area (TPSA) is 118 Å². The molecule has 7 nitrogen and oxygen atoms in total. The Morgan fingerprint density at radius 2 is 1.79 bits per heavy atom. The molecule has 0 bridgehead atoms. The number of pyridine rings is 1. The largest absolute Gasteiger partial charge is 0.353 e. The van der Waals surface area contributed by atoms with Crippen molar-refractivity contribution >= 4 is 49.5 Å². The predicted octanol–water partition coefficient (Wildman–Crippen LogP) is 3.02. The molecule has 0 atom stereocenters. The highest BCUT2D eigenvalue weighted by atomic mass is 32.2. The summed E-state index contributed by atoms with van der Waals surface area (Å²) in [7, 11) is -3.76. The van der Waals surface area contributed by atoms with Gasteiger partial charge in [0.25, 0.3) is 0 Å². The first-order valence-corrected chi connectivity index (χ1v) is 9.93. The first-order valence-electron chi connectivity index (χ1n) is 8.38. The Morgan fingerprint density at radius 1 is 1.04 bits per heavy atom. The van der Waals surface area contributed by atoms with Crippen molar-refractivity contribution < 1.29 is 13.2 Å². The first-order chi connectivity index (χ1) is 13.4. The van der Waals surface area contributed by atoms with Gasteiger partial charge in [0.1, 0.15) is 0 Å². The number of primary sulfonamides is 1. The quantitative estimate of drug-likeness (QED) is 0.463. The molecule has 1 amide bonds. The highest BCUT2D eigenvalue weighted by molar-refractivity contribution is 7.89. The summed E-state index contributed by atoms with van der Waals surface area (Å²) in [5, 5.41) is 9.83. The summed E-state index contributed by atoms with van der Waals surface area (Å²) in [5.41, 5.74) is 3.07. The smallest absolute Gasteiger partial charge is 0.248 e. The zero-order chi connectivity index (χ0) is 19.7. The molecule has 2 heterocycles. The number of hydrogen-bond acceptors (Lipinski definition) is 4. The number of nitrogens with one attached hydrogen (secondary N) is 2. The van der Waals surface area contributed by atoms with Gasteiger partial charge in [-0.1, -0.05) is 18.2 Å². The summed E-state index contributed by atoms with van der Waals surface area (Å²) >= 11 is 0. The molecule has 2 aromatic heterocycles. The molecule has 0 saturated carbocycles. The van der Waals surface area contributed by atoms with Crippen molar-refractivity contribution in [1.82, 2.24) is 9.97 Å². The number of nitrogens with zero attached hydrogens (tertiary/aromatic N) is 1. The van der Waals surface area contributed by atoms with Gasteiger partial charge in [-0.25, -0.2) is 13.6 Å². The summed E-state index contributed by atoms with van der Waals surface area (Å²) in [6.07, 6.45) is 4.73. The van der Waals surface area contributed by atoms with Crippen molar-refractivity contribution in [2.24, 2.45) is 5.14 Å². The van der Waals surface area contributed by atoms with Gasteiger partial charge in [0.05, 0.1) is 22.3 Å². The normalized spacial score (nSPS) is 12.0. The molecule has 0 radical (unpaired) electrons. The second-order valence-corrected chi connectivity index (χ2v) is 7.78. The first kappa shape index (κ1) is 17.9. The van der Waals surface area contributed by atoms with E-state index in [1.807, 2.05) is 30.3 Å². The maximum atomic E-state index is 12.1. The van der Waals surface area contributed by atoms with Gasteiger partial charge in [0.15, 0.2) is 0 Å². The van der Waals surface area contributed by atoms with Crippen LogP contribution in [0.5, 0.6) is 0 Å². The maximum absolute atomic E-state index is 12.1. The lowest BCUT2D eigenvalue weighted by Gasteiger charge is -2.03. The zero-order valence-electron chi connectivity index (χ0n) is 14.6. The lowest BCUT2D eigenvalue weighted by atomic mass is 10.1. The SMILES string of the molecule is NS(=O)(=O)c1ccc(NC(=O)/C=C/c2cc3c(cn2)[nH]c2ccccc23)cc1. The third-order valence-electron chi connectivity index (χ3n) is 4.27. The summed E-state index contributed by atoms with van der Waals surface area (Å²) in [4.78, 5) is 19.7. The standard InChI is InChI=1S/C20H16N4O3S/c21-28(26,27)15-8-5-13(6-9-15)23-20(25)10-7-14-11-17-16-3-1-2-4-18(16)24-19(17)12-22-14/h1-12,24H,(H,23,25)(H2,21,26,27)/b10-7+. The number of aromatic nitrogens is 2. The highest BCUT2D eigenvalue weighted by Gasteiger charge is 2.08. The average Bonchev–Trinajstić information content (AvgIpc) is 3.04. The van der Waals surface area contributed by atoms with Gasteiger partial charge >= 0.3 is 0 Å². The van der Waals surface area contributed by atoms with Crippen LogP contribution in [0, 0.1) is 0 Å². The van der Waals surface area contributed by atoms with E-state index in [0.717, 1.165) is 21.8 Å². The van der Waals surface area contributed by atoms with Crippen molar-refractivity contribution in [1.29, 1.82) is 0 Å². The number of rotatable bonds is 4. The van der Waals surface area contributed by atoms with E-state index >= 15 is 0 Å². The van der Waals surface area contributed by atoms with E-state index < -0.39 is 10.0 Å². The van der Waals surface area contributed by atoms with E-state index in [2.05, 4.69) is 15.3 Å². The van der Waals surface area contributed by atoms with Gasteiger partial charge in [0, 0.05) is 28.1 Å². The van der Waals surface area contributed by atoms with Crippen LogP contribution in [0.25, 0.3) is 27.9 Å². The fraction of sp³-hybridized carbons (Fsp3) is 0. The van der Waals surface area contributed by atoms with E-state index in [1.165, 1.54) is 30.3 Å². The van der Waals surface area contributed by atoms with Crippen LogP contribution < -0.4 is 10.5 Å². The van der Waals surface area contributed by atoms with E-state index in [9.17, 15) is 13.2 Å². The van der Waals surface area contributed by atoms with Crippen molar-refractivity contribution in [2.45, 2.75) is 4.90 Å². The van der Waals surface area contributed by atoms with E-state index in [-0.39, 0.29) is 10.8 Å². The number of anilines is 1. The fourth-order valence-corrected chi connectivity index (χ4v) is 3.45. The second-order valence-electron chi connectivity index (χ2n) is 6.22. The van der Waals surface area contributed by atoms with Crippen LogP contribution in [-0.4, -0.2) is 24.3 Å². The van der Waals surface area contributed by atoms with E-state index in [1.54, 1.807) is 12.3 Å². The van der Waals surface area contributed by atoms with Crippen LogP contribution in [0.3, 0.4) is 0 Å². The van der Waals surface area contributed by atoms with Crippen molar-refractivity contribution in [2.75, 3.05) is 5.32 Å². The Bertz CT molecular complexity index is 1320. The molecule has 4 aromatic rings. The van der Waals surface area contributed by atoms with Crippen LogP contribution in [0.1, 0.15) is 5.69 Å². The van der Waals surface area contributed by atoms with Gasteiger partial charge in [-0.3, -0.25) is 9.78 Å². The number of fused-ring (bicyclic) bond motifs is 3. The lowest BCUT2D eigenvalue weighted by molar-refractivity contribution is -0.111. The van der Waals surface area contributed by atoms with Gasteiger partial charge in [-0.05, 0) is 42.5 Å². The second kappa shape index (κ2) is 6.91. The maximum Gasteiger partial charge on any atom is 0.248 e. The van der Waals surface area contributed by atoms with Crippen molar-refractivity contribution in [3.8, 4) is 0 Å². The Labute approximate surface area is 160 Å². The number of carbonyl (C=O) groups is 1. The highest BCUT2D eigenvalue weighted by Crippen LogP contribution is 2.25. The van der Waals surface area contributed by atoms with Gasteiger partial charge in [0.2, 0.25) is 15.9 Å². The number of hydrogen-bond donors (Lipinski definition) is 3. The Balaban J connectivity index is 1.52. The van der Waals surface area contributed by atoms with Crippen molar-refractivity contribution in [3.63, 3.8) is 0 Å². The molecular weight excluding hydrogens is 376 g/mol. The Hall–Kier alpha value is -3.49. The Morgan fingerprint density at radius 3 is 2.54 bits per heavy atom. The van der Waals surface area contributed by atoms with Crippen LogP contribution in [0.2, 0.25) is 0 Å². The molecule has 28 heavy (non-hydrogen) atoms. The summed E-state index contributed by atoms with van der Waals surface area (Å²) in [6.45, 7) is 0. The van der Waals surface area contributed by atoms with Crippen LogP contribution in [0.4, 0.5) is 5.69 Å². The molecular formula is C20H16N4O3S. The number of carbonyl (C=O) groups excluding carboxylic acids is 1. The fourth-order valence-electron chi connectivity index (χ4n) is 2.93. The molecule has 0 spiro atoms. The predicted molar refractivity (Wildman–Crippen MR) is 109 cm³/mol. The third-order valence-corrected chi connectivity index (χ3v) is 5.20. The number of H-pyrrole nitrogens is 1. The molecule has 140 valence electrons. The summed E-state index contributed by atoms with van der Waals surface area (Å²) in [6, 6.07) is 15.5. The van der Waals surface area contributed by atoms with Crippen LogP contribution >= 0.6 is 0 Å². The number of benzene rings is 2.